The van der Waals surface area contributed by atoms with Crippen LogP contribution in [0.3, 0.4) is 0 Å². The Morgan fingerprint density at radius 1 is 1.64 bits per heavy atom. The molecule has 11 heavy (non-hydrogen) atoms. The van der Waals surface area contributed by atoms with Crippen LogP contribution < -0.4 is 0 Å². The Bertz CT molecular complexity index is 166. The van der Waals surface area contributed by atoms with Gasteiger partial charge in [0.2, 0.25) is 0 Å². The highest BCUT2D eigenvalue weighted by Crippen LogP contribution is 2.27. The number of esters is 1. The zero-order chi connectivity index (χ0) is 8.27. The molecule has 1 aliphatic carbocycles. The van der Waals surface area contributed by atoms with E-state index in [2.05, 4.69) is 4.74 Å². The number of carbonyl (C=O) groups is 2. The van der Waals surface area contributed by atoms with Crippen LogP contribution in [-0.2, 0) is 14.3 Å². The molecule has 0 heterocycles. The average Bonchev–Trinajstić information content (AvgIpc) is 1.95. The Labute approximate surface area is 65.7 Å². The summed E-state index contributed by atoms with van der Waals surface area (Å²) in [5, 5.41) is 0. The van der Waals surface area contributed by atoms with E-state index in [0.29, 0.717) is 31.0 Å². The van der Waals surface area contributed by atoms with Crippen molar-refractivity contribution in [2.75, 3.05) is 7.11 Å². The van der Waals surface area contributed by atoms with Crippen molar-refractivity contribution in [1.29, 1.82) is 0 Å². The van der Waals surface area contributed by atoms with Crippen LogP contribution >= 0.6 is 0 Å². The molecule has 0 bridgehead atoms. The van der Waals surface area contributed by atoms with Crippen LogP contribution in [0.25, 0.3) is 0 Å². The standard InChI is InChI=1S/C8H12O3/c1-11-8(10)3-2-6-4-7(9)5-6/h6H,2-5H2,1H3. The van der Waals surface area contributed by atoms with Crippen molar-refractivity contribution in [1.82, 2.24) is 0 Å². The van der Waals surface area contributed by atoms with Crippen LogP contribution in [0.15, 0.2) is 0 Å². The molecule has 0 unspecified atom stereocenters. The second kappa shape index (κ2) is 3.51. The van der Waals surface area contributed by atoms with Crippen LogP contribution in [0.2, 0.25) is 0 Å². The topological polar surface area (TPSA) is 43.4 Å². The molecule has 0 N–H and O–H groups in total. The Morgan fingerprint density at radius 3 is 2.73 bits per heavy atom. The number of ketones is 1. The van der Waals surface area contributed by atoms with Gasteiger partial charge in [0, 0.05) is 19.3 Å². The van der Waals surface area contributed by atoms with Gasteiger partial charge >= 0.3 is 5.97 Å². The van der Waals surface area contributed by atoms with Crippen molar-refractivity contribution in [2.24, 2.45) is 5.92 Å². The summed E-state index contributed by atoms with van der Waals surface area (Å²) < 4.78 is 4.47. The molecule has 0 aromatic heterocycles. The molecule has 1 aliphatic rings. The lowest BCUT2D eigenvalue weighted by molar-refractivity contribution is -0.141. The molecule has 62 valence electrons. The minimum Gasteiger partial charge on any atom is -0.469 e. The quantitative estimate of drug-likeness (QED) is 0.570. The molecule has 1 saturated carbocycles. The molecule has 3 heteroatoms. The number of hydrogen-bond acceptors (Lipinski definition) is 3. The van der Waals surface area contributed by atoms with Gasteiger partial charge in [-0.15, -0.1) is 0 Å². The highest BCUT2D eigenvalue weighted by atomic mass is 16.5. The monoisotopic (exact) mass is 156 g/mol. The molecule has 0 aromatic rings. The summed E-state index contributed by atoms with van der Waals surface area (Å²) in [6.45, 7) is 0. The van der Waals surface area contributed by atoms with E-state index >= 15 is 0 Å². The first kappa shape index (κ1) is 8.24. The third-order valence-electron chi connectivity index (χ3n) is 2.02. The van der Waals surface area contributed by atoms with Gasteiger partial charge in [0.25, 0.3) is 0 Å². The number of methoxy groups -OCH3 is 1. The van der Waals surface area contributed by atoms with E-state index in [1.54, 1.807) is 0 Å². The zero-order valence-corrected chi connectivity index (χ0v) is 6.63. The number of rotatable bonds is 3. The summed E-state index contributed by atoms with van der Waals surface area (Å²) in [6.07, 6.45) is 2.58. The van der Waals surface area contributed by atoms with E-state index in [9.17, 15) is 9.59 Å². The minimum atomic E-state index is -0.177. The lowest BCUT2D eigenvalue weighted by Gasteiger charge is -2.22. The van der Waals surface area contributed by atoms with Gasteiger partial charge in [-0.25, -0.2) is 0 Å². The maximum absolute atomic E-state index is 10.6. The van der Waals surface area contributed by atoms with Gasteiger partial charge in [-0.1, -0.05) is 0 Å². The Balaban J connectivity index is 2.04. The smallest absolute Gasteiger partial charge is 0.305 e. The molecule has 0 aromatic carbocycles. The second-order valence-electron chi connectivity index (χ2n) is 2.93. The van der Waals surface area contributed by atoms with Gasteiger partial charge in [-0.2, -0.15) is 0 Å². The Kier molecular flexibility index (Phi) is 2.63. The summed E-state index contributed by atoms with van der Waals surface area (Å²) in [5.41, 5.74) is 0. The highest BCUT2D eigenvalue weighted by Gasteiger charge is 2.26. The summed E-state index contributed by atoms with van der Waals surface area (Å²) in [4.78, 5) is 21.1. The summed E-state index contributed by atoms with van der Waals surface area (Å²) in [7, 11) is 1.38. The molecule has 0 atom stereocenters. The van der Waals surface area contributed by atoms with Gasteiger partial charge < -0.3 is 4.74 Å². The SMILES string of the molecule is COC(=O)CCC1CC(=O)C1. The highest BCUT2D eigenvalue weighted by molar-refractivity contribution is 5.84. The third kappa shape index (κ3) is 2.33. The van der Waals surface area contributed by atoms with E-state index in [0.717, 1.165) is 6.42 Å². The summed E-state index contributed by atoms with van der Waals surface area (Å²) in [6, 6.07) is 0. The molecule has 1 rings (SSSR count). The van der Waals surface area contributed by atoms with Crippen molar-refractivity contribution in [3.8, 4) is 0 Å². The predicted molar refractivity (Wildman–Crippen MR) is 39.0 cm³/mol. The summed E-state index contributed by atoms with van der Waals surface area (Å²) in [5.74, 6) is 0.589. The van der Waals surface area contributed by atoms with Crippen molar-refractivity contribution >= 4 is 11.8 Å². The van der Waals surface area contributed by atoms with Crippen LogP contribution in [0.4, 0.5) is 0 Å². The second-order valence-corrected chi connectivity index (χ2v) is 2.93. The zero-order valence-electron chi connectivity index (χ0n) is 6.63. The molecule has 3 nitrogen and oxygen atoms in total. The van der Waals surface area contributed by atoms with E-state index < -0.39 is 0 Å². The van der Waals surface area contributed by atoms with Gasteiger partial charge in [-0.3, -0.25) is 9.59 Å². The first-order valence-corrected chi connectivity index (χ1v) is 3.81. The Morgan fingerprint density at radius 2 is 2.27 bits per heavy atom. The number of carbonyl (C=O) groups excluding carboxylic acids is 2. The van der Waals surface area contributed by atoms with Gasteiger partial charge in [-0.05, 0) is 12.3 Å². The van der Waals surface area contributed by atoms with Gasteiger partial charge in [0.15, 0.2) is 0 Å². The molecular formula is C8H12O3. The van der Waals surface area contributed by atoms with Gasteiger partial charge in [0.05, 0.1) is 7.11 Å². The van der Waals surface area contributed by atoms with E-state index in [1.165, 1.54) is 7.11 Å². The first-order chi connectivity index (χ1) is 5.22. The number of Topliss-reactive ketones (excluding diaryl/α,β-unsaturated/α-hetero) is 1. The fraction of sp³-hybridized carbons (Fsp3) is 0.750. The lowest BCUT2D eigenvalue weighted by atomic mass is 9.81. The lowest BCUT2D eigenvalue weighted by Crippen LogP contribution is -2.23. The van der Waals surface area contributed by atoms with Crippen molar-refractivity contribution in [2.45, 2.75) is 25.7 Å². The van der Waals surface area contributed by atoms with Gasteiger partial charge in [0.1, 0.15) is 5.78 Å². The molecule has 0 saturated heterocycles. The largest absolute Gasteiger partial charge is 0.469 e. The van der Waals surface area contributed by atoms with Crippen LogP contribution in [0.5, 0.6) is 0 Å². The fourth-order valence-corrected chi connectivity index (χ4v) is 1.21. The van der Waals surface area contributed by atoms with Crippen LogP contribution in [0, 0.1) is 5.92 Å². The molecular weight excluding hydrogens is 144 g/mol. The molecule has 0 spiro atoms. The molecule has 0 aliphatic heterocycles. The first-order valence-electron chi connectivity index (χ1n) is 3.81. The van der Waals surface area contributed by atoms with Crippen LogP contribution in [0.1, 0.15) is 25.7 Å². The molecule has 0 amide bonds. The van der Waals surface area contributed by atoms with Crippen molar-refractivity contribution < 1.29 is 14.3 Å². The minimum absolute atomic E-state index is 0.177. The van der Waals surface area contributed by atoms with E-state index in [-0.39, 0.29) is 5.97 Å². The maximum atomic E-state index is 10.6. The van der Waals surface area contributed by atoms with E-state index in [1.807, 2.05) is 0 Å². The fourth-order valence-electron chi connectivity index (χ4n) is 1.21. The summed E-state index contributed by atoms with van der Waals surface area (Å²) >= 11 is 0. The molecule has 1 fully saturated rings. The predicted octanol–water partition coefficient (Wildman–Crippen LogP) is 0.919. The Hall–Kier alpha value is -0.860. The normalized spacial score (nSPS) is 17.7. The molecule has 0 radical (unpaired) electrons. The average molecular weight is 156 g/mol. The van der Waals surface area contributed by atoms with Crippen molar-refractivity contribution in [3.63, 3.8) is 0 Å². The maximum Gasteiger partial charge on any atom is 0.305 e. The number of hydrogen-bond donors (Lipinski definition) is 0. The van der Waals surface area contributed by atoms with Crippen molar-refractivity contribution in [3.05, 3.63) is 0 Å². The third-order valence-corrected chi connectivity index (χ3v) is 2.02. The van der Waals surface area contributed by atoms with E-state index in [4.69, 9.17) is 0 Å². The van der Waals surface area contributed by atoms with Crippen LogP contribution in [-0.4, -0.2) is 18.9 Å². The number of ether oxygens (including phenoxy) is 1.